The lowest BCUT2D eigenvalue weighted by molar-refractivity contribution is -0.212. The fourth-order valence-electron chi connectivity index (χ4n) is 2.06. The van der Waals surface area contributed by atoms with Gasteiger partial charge in [0.25, 0.3) is 0 Å². The number of nitrogens with zero attached hydrogens (tertiary/aromatic N) is 5. The third-order valence-corrected chi connectivity index (χ3v) is 3.10. The van der Waals surface area contributed by atoms with Crippen molar-refractivity contribution in [3.05, 3.63) is 18.5 Å². The monoisotopic (exact) mass is 299 g/mol. The van der Waals surface area contributed by atoms with Crippen molar-refractivity contribution in [3.63, 3.8) is 0 Å². The maximum absolute atomic E-state index is 12.5. The SMILES string of the molecule is Nc1nc(-c2cnn(C(F)(F)F)c2)cc(N2CC(N)C2)n1. The Bertz CT molecular complexity index is 660. The van der Waals surface area contributed by atoms with Gasteiger partial charge >= 0.3 is 6.30 Å². The minimum atomic E-state index is -4.57. The summed E-state index contributed by atoms with van der Waals surface area (Å²) in [4.78, 5) is 9.88. The van der Waals surface area contributed by atoms with Crippen molar-refractivity contribution in [2.75, 3.05) is 23.7 Å². The summed E-state index contributed by atoms with van der Waals surface area (Å²) in [7, 11) is 0. The van der Waals surface area contributed by atoms with E-state index in [9.17, 15) is 13.2 Å². The van der Waals surface area contributed by atoms with Gasteiger partial charge in [-0.25, -0.2) is 4.98 Å². The van der Waals surface area contributed by atoms with Crippen LogP contribution in [0, 0.1) is 0 Å². The molecule has 0 aliphatic carbocycles. The van der Waals surface area contributed by atoms with Crippen LogP contribution in [0.1, 0.15) is 0 Å². The molecular weight excluding hydrogens is 287 g/mol. The fraction of sp³-hybridized carbons (Fsp3) is 0.364. The molecule has 1 aliphatic rings. The summed E-state index contributed by atoms with van der Waals surface area (Å²) in [5.74, 6) is 0.529. The normalized spacial score (nSPS) is 16.1. The maximum Gasteiger partial charge on any atom is 0.504 e. The molecule has 0 saturated carbocycles. The van der Waals surface area contributed by atoms with Crippen LogP contribution in [0.3, 0.4) is 0 Å². The molecule has 2 aromatic rings. The number of rotatable bonds is 2. The number of hydrogen-bond donors (Lipinski definition) is 2. The number of alkyl halides is 3. The Labute approximate surface area is 117 Å². The van der Waals surface area contributed by atoms with E-state index in [1.54, 1.807) is 6.07 Å². The zero-order valence-electron chi connectivity index (χ0n) is 10.7. The van der Waals surface area contributed by atoms with Crippen molar-refractivity contribution >= 4 is 11.8 Å². The van der Waals surface area contributed by atoms with Crippen molar-refractivity contribution in [2.45, 2.75) is 12.3 Å². The molecule has 0 aromatic carbocycles. The van der Waals surface area contributed by atoms with Gasteiger partial charge in [0.2, 0.25) is 5.95 Å². The number of hydrogen-bond acceptors (Lipinski definition) is 6. The summed E-state index contributed by atoms with van der Waals surface area (Å²) in [6, 6.07) is 1.64. The van der Waals surface area contributed by atoms with Gasteiger partial charge in [-0.3, -0.25) is 0 Å². The Morgan fingerprint density at radius 3 is 2.52 bits per heavy atom. The Morgan fingerprint density at radius 2 is 1.95 bits per heavy atom. The highest BCUT2D eigenvalue weighted by Crippen LogP contribution is 2.27. The van der Waals surface area contributed by atoms with Crippen LogP contribution in [-0.2, 0) is 6.30 Å². The van der Waals surface area contributed by atoms with E-state index in [0.29, 0.717) is 18.9 Å². The molecule has 1 saturated heterocycles. The molecule has 3 rings (SSSR count). The molecule has 112 valence electrons. The maximum atomic E-state index is 12.5. The average molecular weight is 299 g/mol. The topological polar surface area (TPSA) is 98.9 Å². The Morgan fingerprint density at radius 1 is 1.24 bits per heavy atom. The van der Waals surface area contributed by atoms with Gasteiger partial charge in [0.05, 0.1) is 11.9 Å². The first-order chi connectivity index (χ1) is 9.83. The highest BCUT2D eigenvalue weighted by atomic mass is 19.4. The van der Waals surface area contributed by atoms with E-state index < -0.39 is 6.30 Å². The number of nitrogen functional groups attached to an aromatic ring is 1. The van der Waals surface area contributed by atoms with Crippen LogP contribution in [0.25, 0.3) is 11.3 Å². The predicted molar refractivity (Wildman–Crippen MR) is 69.2 cm³/mol. The largest absolute Gasteiger partial charge is 0.504 e. The average Bonchev–Trinajstić information content (AvgIpc) is 2.83. The number of anilines is 2. The molecule has 10 heteroatoms. The summed E-state index contributed by atoms with van der Waals surface area (Å²) < 4.78 is 37.5. The predicted octanol–water partition coefficient (Wildman–Crippen LogP) is 0.546. The summed E-state index contributed by atoms with van der Waals surface area (Å²) in [6.45, 7) is 1.25. The van der Waals surface area contributed by atoms with Crippen LogP contribution in [0.15, 0.2) is 18.5 Å². The second-order valence-corrected chi connectivity index (χ2v) is 4.78. The van der Waals surface area contributed by atoms with Gasteiger partial charge in [0.1, 0.15) is 5.82 Å². The molecule has 2 aromatic heterocycles. The number of halogens is 3. The number of nitrogens with two attached hydrogens (primary N) is 2. The van der Waals surface area contributed by atoms with Crippen molar-refractivity contribution in [3.8, 4) is 11.3 Å². The first kappa shape index (κ1) is 13.6. The Balaban J connectivity index is 1.93. The second kappa shape index (κ2) is 4.58. The fourth-order valence-corrected chi connectivity index (χ4v) is 2.06. The van der Waals surface area contributed by atoms with Crippen molar-refractivity contribution in [1.29, 1.82) is 0 Å². The van der Waals surface area contributed by atoms with E-state index >= 15 is 0 Å². The summed E-state index contributed by atoms with van der Waals surface area (Å²) in [6.07, 6.45) is -2.63. The smallest absolute Gasteiger partial charge is 0.368 e. The van der Waals surface area contributed by atoms with E-state index in [2.05, 4.69) is 15.1 Å². The van der Waals surface area contributed by atoms with E-state index in [1.165, 1.54) is 0 Å². The highest BCUT2D eigenvalue weighted by Gasteiger charge is 2.32. The van der Waals surface area contributed by atoms with Gasteiger partial charge in [0.15, 0.2) is 0 Å². The van der Waals surface area contributed by atoms with Gasteiger partial charge in [-0.1, -0.05) is 0 Å². The van der Waals surface area contributed by atoms with E-state index in [1.807, 2.05) is 4.90 Å². The van der Waals surface area contributed by atoms with Gasteiger partial charge in [-0.15, -0.1) is 13.2 Å². The van der Waals surface area contributed by atoms with E-state index in [-0.39, 0.29) is 27.9 Å². The third-order valence-electron chi connectivity index (χ3n) is 3.10. The van der Waals surface area contributed by atoms with Crippen LogP contribution < -0.4 is 16.4 Å². The lowest BCUT2D eigenvalue weighted by Gasteiger charge is -2.37. The highest BCUT2D eigenvalue weighted by molar-refractivity contribution is 5.63. The molecule has 0 spiro atoms. The van der Waals surface area contributed by atoms with Crippen molar-refractivity contribution < 1.29 is 13.2 Å². The van der Waals surface area contributed by atoms with Crippen LogP contribution in [0.4, 0.5) is 24.9 Å². The molecule has 0 radical (unpaired) electrons. The Hall–Kier alpha value is -2.36. The minimum Gasteiger partial charge on any atom is -0.368 e. The van der Waals surface area contributed by atoms with Gasteiger partial charge in [-0.2, -0.15) is 14.8 Å². The quantitative estimate of drug-likeness (QED) is 0.840. The molecule has 4 N–H and O–H groups in total. The van der Waals surface area contributed by atoms with Crippen molar-refractivity contribution in [1.82, 2.24) is 19.7 Å². The molecule has 0 bridgehead atoms. The molecule has 7 nitrogen and oxygen atoms in total. The minimum absolute atomic E-state index is 0.0114. The zero-order chi connectivity index (χ0) is 15.2. The van der Waals surface area contributed by atoms with Crippen LogP contribution in [0.5, 0.6) is 0 Å². The molecule has 21 heavy (non-hydrogen) atoms. The lowest BCUT2D eigenvalue weighted by atomic mass is 10.1. The molecule has 0 atom stereocenters. The summed E-state index contributed by atoms with van der Waals surface area (Å²) >= 11 is 0. The molecular formula is C11H12F3N7. The van der Waals surface area contributed by atoms with Gasteiger partial charge in [0, 0.05) is 37.0 Å². The summed E-state index contributed by atoms with van der Waals surface area (Å²) in [5, 5.41) is 3.27. The first-order valence-electron chi connectivity index (χ1n) is 6.10. The van der Waals surface area contributed by atoms with Crippen molar-refractivity contribution in [2.24, 2.45) is 5.73 Å². The first-order valence-corrected chi connectivity index (χ1v) is 6.10. The number of aromatic nitrogens is 4. The van der Waals surface area contributed by atoms with Crippen LogP contribution in [0.2, 0.25) is 0 Å². The molecule has 1 aliphatic heterocycles. The van der Waals surface area contributed by atoms with Gasteiger partial charge in [-0.05, 0) is 0 Å². The Kier molecular flexibility index (Phi) is 2.97. The molecule has 0 amide bonds. The summed E-state index contributed by atoms with van der Waals surface area (Å²) in [5.41, 5.74) is 11.8. The van der Waals surface area contributed by atoms with Crippen LogP contribution >= 0.6 is 0 Å². The van der Waals surface area contributed by atoms with E-state index in [0.717, 1.165) is 12.4 Å². The molecule has 0 unspecified atom stereocenters. The van der Waals surface area contributed by atoms with Crippen LogP contribution in [-0.4, -0.2) is 38.9 Å². The van der Waals surface area contributed by atoms with E-state index in [4.69, 9.17) is 11.5 Å². The zero-order valence-corrected chi connectivity index (χ0v) is 10.7. The third kappa shape index (κ3) is 2.61. The molecule has 1 fully saturated rings. The lowest BCUT2D eigenvalue weighted by Crippen LogP contribution is -2.56. The second-order valence-electron chi connectivity index (χ2n) is 4.78. The van der Waals surface area contributed by atoms with Gasteiger partial charge < -0.3 is 16.4 Å². The molecule has 3 heterocycles. The standard InChI is InChI=1S/C11H12F3N7/c12-11(13,14)21-3-6(2-17-21)8-1-9(19-10(16)18-8)20-4-7(15)5-20/h1-3,7H,4-5,15H2,(H2,16,18,19).